The van der Waals surface area contributed by atoms with E-state index in [1.807, 2.05) is 44.2 Å². The van der Waals surface area contributed by atoms with Crippen molar-refractivity contribution < 1.29 is 4.74 Å². The Balaban J connectivity index is 1.78. The predicted molar refractivity (Wildman–Crippen MR) is 89.1 cm³/mol. The van der Waals surface area contributed by atoms with Gasteiger partial charge in [-0.2, -0.15) is 0 Å². The molecule has 0 saturated carbocycles. The normalized spacial score (nSPS) is 10.9. The summed E-state index contributed by atoms with van der Waals surface area (Å²) in [5.41, 5.74) is 2.49. The van der Waals surface area contributed by atoms with Gasteiger partial charge in [0, 0.05) is 11.6 Å². The van der Waals surface area contributed by atoms with Crippen molar-refractivity contribution in [2.75, 3.05) is 6.54 Å². The SMILES string of the molecule is CC(C)Oc1cccc(CNCCc2cccc(Cl)c2)c1. The highest BCUT2D eigenvalue weighted by atomic mass is 35.5. The fourth-order valence-corrected chi connectivity index (χ4v) is 2.37. The molecule has 0 saturated heterocycles. The monoisotopic (exact) mass is 303 g/mol. The summed E-state index contributed by atoms with van der Waals surface area (Å²) in [4.78, 5) is 0. The van der Waals surface area contributed by atoms with Crippen molar-refractivity contribution >= 4 is 11.6 Å². The first-order valence-electron chi connectivity index (χ1n) is 7.34. The molecule has 0 aliphatic rings. The Kier molecular flexibility index (Phi) is 6.09. The maximum absolute atomic E-state index is 5.98. The molecule has 2 nitrogen and oxygen atoms in total. The first-order chi connectivity index (χ1) is 10.1. The van der Waals surface area contributed by atoms with E-state index in [1.54, 1.807) is 0 Å². The minimum Gasteiger partial charge on any atom is -0.491 e. The number of hydrogen-bond donors (Lipinski definition) is 1. The van der Waals surface area contributed by atoms with Gasteiger partial charge in [0.25, 0.3) is 0 Å². The first kappa shape index (κ1) is 15.9. The van der Waals surface area contributed by atoms with E-state index in [-0.39, 0.29) is 6.10 Å². The summed E-state index contributed by atoms with van der Waals surface area (Å²) in [6.45, 7) is 5.84. The molecule has 0 unspecified atom stereocenters. The highest BCUT2D eigenvalue weighted by Crippen LogP contribution is 2.15. The van der Waals surface area contributed by atoms with Crippen LogP contribution in [0.25, 0.3) is 0 Å². The van der Waals surface area contributed by atoms with Crippen molar-refractivity contribution in [2.24, 2.45) is 0 Å². The molecule has 0 fully saturated rings. The maximum atomic E-state index is 5.98. The van der Waals surface area contributed by atoms with Gasteiger partial charge in [-0.05, 0) is 62.2 Å². The Morgan fingerprint density at radius 1 is 1.05 bits per heavy atom. The van der Waals surface area contributed by atoms with Gasteiger partial charge in [0.1, 0.15) is 5.75 Å². The predicted octanol–water partition coefficient (Wildman–Crippen LogP) is 4.46. The van der Waals surface area contributed by atoms with Gasteiger partial charge in [-0.1, -0.05) is 35.9 Å². The third-order valence-electron chi connectivity index (χ3n) is 3.08. The second-order valence-electron chi connectivity index (χ2n) is 5.37. The van der Waals surface area contributed by atoms with E-state index in [4.69, 9.17) is 16.3 Å². The number of nitrogens with one attached hydrogen (secondary N) is 1. The fourth-order valence-electron chi connectivity index (χ4n) is 2.16. The number of halogens is 1. The minimum absolute atomic E-state index is 0.205. The van der Waals surface area contributed by atoms with E-state index >= 15 is 0 Å². The zero-order valence-electron chi connectivity index (χ0n) is 12.6. The second kappa shape index (κ2) is 8.06. The van der Waals surface area contributed by atoms with Crippen LogP contribution in [0.4, 0.5) is 0 Å². The smallest absolute Gasteiger partial charge is 0.120 e. The molecular weight excluding hydrogens is 282 g/mol. The molecule has 2 aromatic rings. The third kappa shape index (κ3) is 5.78. The van der Waals surface area contributed by atoms with Crippen LogP contribution in [0.5, 0.6) is 5.75 Å². The molecule has 0 heterocycles. The van der Waals surface area contributed by atoms with Crippen LogP contribution in [-0.2, 0) is 13.0 Å². The van der Waals surface area contributed by atoms with E-state index in [0.29, 0.717) is 0 Å². The lowest BCUT2D eigenvalue weighted by atomic mass is 10.1. The van der Waals surface area contributed by atoms with Crippen molar-refractivity contribution in [1.29, 1.82) is 0 Å². The molecule has 0 radical (unpaired) electrons. The van der Waals surface area contributed by atoms with Gasteiger partial charge in [-0.15, -0.1) is 0 Å². The van der Waals surface area contributed by atoms with Crippen LogP contribution in [0.3, 0.4) is 0 Å². The Labute approximate surface area is 132 Å². The standard InChI is InChI=1S/C18H22ClNO/c1-14(2)21-18-8-4-6-16(12-18)13-20-10-9-15-5-3-7-17(19)11-15/h3-8,11-12,14,20H,9-10,13H2,1-2H3. The fraction of sp³-hybridized carbons (Fsp3) is 0.333. The topological polar surface area (TPSA) is 21.3 Å². The van der Waals surface area contributed by atoms with Crippen molar-refractivity contribution in [3.05, 3.63) is 64.7 Å². The van der Waals surface area contributed by atoms with Gasteiger partial charge in [0.05, 0.1) is 6.10 Å². The first-order valence-corrected chi connectivity index (χ1v) is 7.72. The molecule has 21 heavy (non-hydrogen) atoms. The van der Waals surface area contributed by atoms with Crippen molar-refractivity contribution in [1.82, 2.24) is 5.32 Å². The molecule has 0 aromatic heterocycles. The van der Waals surface area contributed by atoms with Crippen LogP contribution in [0.15, 0.2) is 48.5 Å². The number of ether oxygens (including phenoxy) is 1. The molecular formula is C18H22ClNO. The molecule has 0 bridgehead atoms. The molecule has 1 N–H and O–H groups in total. The van der Waals surface area contributed by atoms with Gasteiger partial charge in [-0.25, -0.2) is 0 Å². The molecule has 0 atom stereocenters. The van der Waals surface area contributed by atoms with E-state index in [0.717, 1.165) is 30.3 Å². The van der Waals surface area contributed by atoms with E-state index in [9.17, 15) is 0 Å². The van der Waals surface area contributed by atoms with E-state index < -0.39 is 0 Å². The molecule has 112 valence electrons. The van der Waals surface area contributed by atoms with Crippen LogP contribution < -0.4 is 10.1 Å². The quantitative estimate of drug-likeness (QED) is 0.763. The summed E-state index contributed by atoms with van der Waals surface area (Å²) < 4.78 is 5.70. The van der Waals surface area contributed by atoms with Crippen LogP contribution in [-0.4, -0.2) is 12.6 Å². The zero-order valence-corrected chi connectivity index (χ0v) is 13.4. The van der Waals surface area contributed by atoms with Crippen molar-refractivity contribution in [2.45, 2.75) is 32.9 Å². The summed E-state index contributed by atoms with van der Waals surface area (Å²) >= 11 is 5.98. The van der Waals surface area contributed by atoms with Crippen LogP contribution >= 0.6 is 11.6 Å². The molecule has 0 aliphatic heterocycles. The summed E-state index contributed by atoms with van der Waals surface area (Å²) in [6, 6.07) is 16.2. The maximum Gasteiger partial charge on any atom is 0.120 e. The average molecular weight is 304 g/mol. The number of hydrogen-bond acceptors (Lipinski definition) is 2. The third-order valence-corrected chi connectivity index (χ3v) is 3.31. The number of benzene rings is 2. The summed E-state index contributed by atoms with van der Waals surface area (Å²) in [6.07, 6.45) is 1.18. The molecule has 0 aliphatic carbocycles. The number of rotatable bonds is 7. The Morgan fingerprint density at radius 3 is 2.57 bits per heavy atom. The lowest BCUT2D eigenvalue weighted by Crippen LogP contribution is -2.16. The van der Waals surface area contributed by atoms with Crippen molar-refractivity contribution in [3.8, 4) is 5.75 Å². The molecule has 2 rings (SSSR count). The minimum atomic E-state index is 0.205. The Bertz CT molecular complexity index is 569. The summed E-state index contributed by atoms with van der Waals surface area (Å²) in [5, 5.41) is 4.25. The average Bonchev–Trinajstić information content (AvgIpc) is 2.43. The summed E-state index contributed by atoms with van der Waals surface area (Å²) in [5.74, 6) is 0.930. The zero-order chi connectivity index (χ0) is 15.1. The lowest BCUT2D eigenvalue weighted by molar-refractivity contribution is 0.242. The van der Waals surface area contributed by atoms with Gasteiger partial charge in [0.15, 0.2) is 0 Å². The molecule has 3 heteroatoms. The van der Waals surface area contributed by atoms with E-state index in [2.05, 4.69) is 23.5 Å². The van der Waals surface area contributed by atoms with Crippen LogP contribution in [0.2, 0.25) is 5.02 Å². The molecule has 2 aromatic carbocycles. The van der Waals surface area contributed by atoms with Crippen LogP contribution in [0.1, 0.15) is 25.0 Å². The van der Waals surface area contributed by atoms with Gasteiger partial charge in [-0.3, -0.25) is 0 Å². The Hall–Kier alpha value is -1.51. The van der Waals surface area contributed by atoms with Gasteiger partial charge in [0.2, 0.25) is 0 Å². The largest absolute Gasteiger partial charge is 0.491 e. The molecule has 0 spiro atoms. The summed E-state index contributed by atoms with van der Waals surface area (Å²) in [7, 11) is 0. The van der Waals surface area contributed by atoms with Crippen molar-refractivity contribution in [3.63, 3.8) is 0 Å². The highest BCUT2D eigenvalue weighted by Gasteiger charge is 2.00. The highest BCUT2D eigenvalue weighted by molar-refractivity contribution is 6.30. The Morgan fingerprint density at radius 2 is 1.81 bits per heavy atom. The molecule has 0 amide bonds. The second-order valence-corrected chi connectivity index (χ2v) is 5.81. The van der Waals surface area contributed by atoms with E-state index in [1.165, 1.54) is 11.1 Å². The van der Waals surface area contributed by atoms with Gasteiger partial charge < -0.3 is 10.1 Å². The van der Waals surface area contributed by atoms with Gasteiger partial charge >= 0.3 is 0 Å². The van der Waals surface area contributed by atoms with Crippen LogP contribution in [0, 0.1) is 0 Å². The lowest BCUT2D eigenvalue weighted by Gasteiger charge is -2.11.